The summed E-state index contributed by atoms with van der Waals surface area (Å²) in [4.78, 5) is 4.39. The van der Waals surface area contributed by atoms with Crippen molar-refractivity contribution in [2.75, 3.05) is 0 Å². The van der Waals surface area contributed by atoms with E-state index in [2.05, 4.69) is 43.8 Å². The fourth-order valence-corrected chi connectivity index (χ4v) is 3.26. The van der Waals surface area contributed by atoms with Crippen molar-refractivity contribution in [1.82, 2.24) is 4.98 Å². The number of nitrogens with zero attached hydrogens (tertiary/aromatic N) is 1. The van der Waals surface area contributed by atoms with Crippen LogP contribution in [0.1, 0.15) is 25.5 Å². The van der Waals surface area contributed by atoms with Crippen molar-refractivity contribution in [2.24, 2.45) is 11.7 Å². The van der Waals surface area contributed by atoms with Gasteiger partial charge in [-0.05, 0) is 50.3 Å². The maximum absolute atomic E-state index is 6.27. The topological polar surface area (TPSA) is 38.9 Å². The van der Waals surface area contributed by atoms with Crippen LogP contribution in [0.5, 0.6) is 0 Å². The van der Waals surface area contributed by atoms with Crippen LogP contribution in [-0.4, -0.2) is 4.98 Å². The molecule has 0 saturated heterocycles. The number of aromatic nitrogens is 1. The SMILES string of the molecule is CCC1CC1(N)c1ncc(Br)cc1Br. The Morgan fingerprint density at radius 3 is 2.86 bits per heavy atom. The molecular weight excluding hydrogens is 308 g/mol. The molecule has 4 heteroatoms. The standard InChI is InChI=1S/C10H12Br2N2/c1-2-6-4-10(6,13)9-8(12)3-7(11)5-14-9/h3,5-6H,2,4,13H2,1H3. The minimum atomic E-state index is -0.186. The molecule has 1 aromatic rings. The molecule has 2 N–H and O–H groups in total. The van der Waals surface area contributed by atoms with Crippen molar-refractivity contribution in [3.8, 4) is 0 Å². The summed E-state index contributed by atoms with van der Waals surface area (Å²) in [6, 6.07) is 2.00. The van der Waals surface area contributed by atoms with Crippen LogP contribution in [0.4, 0.5) is 0 Å². The largest absolute Gasteiger partial charge is 0.320 e. The van der Waals surface area contributed by atoms with Gasteiger partial charge in [-0.3, -0.25) is 4.98 Å². The van der Waals surface area contributed by atoms with E-state index in [1.807, 2.05) is 6.07 Å². The molecular formula is C10H12Br2N2. The molecule has 14 heavy (non-hydrogen) atoms. The molecule has 2 atom stereocenters. The predicted molar refractivity (Wildman–Crippen MR) is 63.9 cm³/mol. The molecule has 2 unspecified atom stereocenters. The quantitative estimate of drug-likeness (QED) is 0.909. The van der Waals surface area contributed by atoms with E-state index in [1.165, 1.54) is 0 Å². The second kappa shape index (κ2) is 3.58. The predicted octanol–water partition coefficient (Wildman–Crippen LogP) is 3.19. The van der Waals surface area contributed by atoms with Crippen LogP contribution < -0.4 is 5.73 Å². The zero-order chi connectivity index (χ0) is 10.3. The van der Waals surface area contributed by atoms with Crippen LogP contribution in [0, 0.1) is 5.92 Å². The van der Waals surface area contributed by atoms with Crippen molar-refractivity contribution in [2.45, 2.75) is 25.3 Å². The van der Waals surface area contributed by atoms with Gasteiger partial charge in [-0.2, -0.15) is 0 Å². The van der Waals surface area contributed by atoms with E-state index in [9.17, 15) is 0 Å². The summed E-state index contributed by atoms with van der Waals surface area (Å²) in [6.07, 6.45) is 3.98. The molecule has 0 spiro atoms. The second-order valence-corrected chi connectivity index (χ2v) is 5.60. The van der Waals surface area contributed by atoms with E-state index in [-0.39, 0.29) is 5.54 Å². The normalized spacial score (nSPS) is 30.4. The van der Waals surface area contributed by atoms with Crippen molar-refractivity contribution < 1.29 is 0 Å². The molecule has 76 valence electrons. The third-order valence-corrected chi connectivity index (χ3v) is 3.93. The average molecular weight is 320 g/mol. The Morgan fingerprint density at radius 2 is 2.36 bits per heavy atom. The molecule has 1 heterocycles. The highest BCUT2D eigenvalue weighted by Gasteiger charge is 2.52. The highest BCUT2D eigenvalue weighted by Crippen LogP contribution is 2.52. The number of rotatable bonds is 2. The lowest BCUT2D eigenvalue weighted by atomic mass is 10.1. The lowest BCUT2D eigenvalue weighted by Crippen LogP contribution is -2.24. The first kappa shape index (κ1) is 10.6. The Hall–Kier alpha value is 0.0700. The van der Waals surface area contributed by atoms with Crippen molar-refractivity contribution >= 4 is 31.9 Å². The molecule has 2 rings (SSSR count). The molecule has 0 bridgehead atoms. The zero-order valence-corrected chi connectivity index (χ0v) is 11.1. The summed E-state index contributed by atoms with van der Waals surface area (Å²) in [6.45, 7) is 2.17. The van der Waals surface area contributed by atoms with Gasteiger partial charge >= 0.3 is 0 Å². The summed E-state index contributed by atoms with van der Waals surface area (Å²) in [5, 5.41) is 0. The molecule has 1 aliphatic rings. The number of hydrogen-bond acceptors (Lipinski definition) is 2. The van der Waals surface area contributed by atoms with Crippen molar-refractivity contribution in [1.29, 1.82) is 0 Å². The molecule has 1 fully saturated rings. The lowest BCUT2D eigenvalue weighted by Gasteiger charge is -2.12. The minimum absolute atomic E-state index is 0.186. The molecule has 0 radical (unpaired) electrons. The van der Waals surface area contributed by atoms with Gasteiger partial charge in [0.15, 0.2) is 0 Å². The summed E-state index contributed by atoms with van der Waals surface area (Å²) >= 11 is 6.89. The zero-order valence-electron chi connectivity index (χ0n) is 7.93. The maximum Gasteiger partial charge on any atom is 0.0747 e. The van der Waals surface area contributed by atoms with Crippen molar-refractivity contribution in [3.63, 3.8) is 0 Å². The minimum Gasteiger partial charge on any atom is -0.320 e. The van der Waals surface area contributed by atoms with Gasteiger partial charge in [-0.15, -0.1) is 0 Å². The number of halogens is 2. The molecule has 1 aromatic heterocycles. The third-order valence-electron chi connectivity index (χ3n) is 2.89. The number of pyridine rings is 1. The number of hydrogen-bond donors (Lipinski definition) is 1. The monoisotopic (exact) mass is 318 g/mol. The molecule has 0 aliphatic heterocycles. The van der Waals surface area contributed by atoms with E-state index >= 15 is 0 Å². The van der Waals surface area contributed by atoms with Gasteiger partial charge in [-0.1, -0.05) is 13.3 Å². The highest BCUT2D eigenvalue weighted by atomic mass is 79.9. The van der Waals surface area contributed by atoms with Gasteiger partial charge in [0.1, 0.15) is 0 Å². The Balaban J connectivity index is 2.34. The van der Waals surface area contributed by atoms with Crippen LogP contribution in [0.2, 0.25) is 0 Å². The van der Waals surface area contributed by atoms with E-state index < -0.39 is 0 Å². The van der Waals surface area contributed by atoms with E-state index in [0.717, 1.165) is 27.5 Å². The van der Waals surface area contributed by atoms with E-state index in [1.54, 1.807) is 6.20 Å². The van der Waals surface area contributed by atoms with Gasteiger partial charge in [0, 0.05) is 15.1 Å². The van der Waals surface area contributed by atoms with Gasteiger partial charge < -0.3 is 5.73 Å². The van der Waals surface area contributed by atoms with Crippen LogP contribution in [0.25, 0.3) is 0 Å². The maximum atomic E-state index is 6.27. The fourth-order valence-electron chi connectivity index (χ4n) is 1.90. The first-order chi connectivity index (χ1) is 6.58. The van der Waals surface area contributed by atoms with E-state index in [4.69, 9.17) is 5.73 Å². The summed E-state index contributed by atoms with van der Waals surface area (Å²) < 4.78 is 1.98. The molecule has 1 aliphatic carbocycles. The molecule has 2 nitrogen and oxygen atoms in total. The number of nitrogens with two attached hydrogens (primary N) is 1. The molecule has 1 saturated carbocycles. The fraction of sp³-hybridized carbons (Fsp3) is 0.500. The third kappa shape index (κ3) is 1.64. The van der Waals surface area contributed by atoms with Gasteiger partial charge in [0.2, 0.25) is 0 Å². The average Bonchev–Trinajstić information content (AvgIpc) is 2.77. The smallest absolute Gasteiger partial charge is 0.0747 e. The van der Waals surface area contributed by atoms with E-state index in [0.29, 0.717) is 5.92 Å². The van der Waals surface area contributed by atoms with Crippen LogP contribution in [0.15, 0.2) is 21.2 Å². The Bertz CT molecular complexity index is 367. The van der Waals surface area contributed by atoms with Gasteiger partial charge in [0.05, 0.1) is 11.2 Å². The van der Waals surface area contributed by atoms with Crippen LogP contribution >= 0.6 is 31.9 Å². The van der Waals surface area contributed by atoms with Gasteiger partial charge in [-0.25, -0.2) is 0 Å². The summed E-state index contributed by atoms with van der Waals surface area (Å²) in [5.74, 6) is 0.590. The Labute approximate surface area is 101 Å². The summed E-state index contributed by atoms with van der Waals surface area (Å²) in [5.41, 5.74) is 7.07. The highest BCUT2D eigenvalue weighted by molar-refractivity contribution is 9.11. The molecule has 0 aromatic carbocycles. The van der Waals surface area contributed by atoms with Crippen molar-refractivity contribution in [3.05, 3.63) is 26.9 Å². The van der Waals surface area contributed by atoms with Gasteiger partial charge in [0.25, 0.3) is 0 Å². The Kier molecular flexibility index (Phi) is 2.70. The summed E-state index contributed by atoms with van der Waals surface area (Å²) in [7, 11) is 0. The Morgan fingerprint density at radius 1 is 1.64 bits per heavy atom. The van der Waals surface area contributed by atoms with Crippen LogP contribution in [0.3, 0.4) is 0 Å². The first-order valence-corrected chi connectivity index (χ1v) is 6.27. The lowest BCUT2D eigenvalue weighted by molar-refractivity contribution is 0.595. The molecule has 0 amide bonds. The van der Waals surface area contributed by atoms with Crippen LogP contribution in [-0.2, 0) is 5.54 Å². The second-order valence-electron chi connectivity index (χ2n) is 3.83. The first-order valence-electron chi connectivity index (χ1n) is 4.68.